The maximum absolute atomic E-state index is 5.73. The lowest BCUT2D eigenvalue weighted by Gasteiger charge is -2.00. The highest BCUT2D eigenvalue weighted by Gasteiger charge is 1.94. The first-order valence-corrected chi connectivity index (χ1v) is 9.55. The Bertz CT molecular complexity index is 793. The number of H-pyrrole nitrogens is 1. The molecule has 0 atom stereocenters. The van der Waals surface area contributed by atoms with Crippen molar-refractivity contribution in [3.63, 3.8) is 0 Å². The predicted molar refractivity (Wildman–Crippen MR) is 117 cm³/mol. The number of unbranched alkanes of at least 4 members (excludes halogenated alkanes) is 3. The Morgan fingerprint density at radius 3 is 2.30 bits per heavy atom. The van der Waals surface area contributed by atoms with Gasteiger partial charge in [0.2, 0.25) is 0 Å². The fraction of sp³-hybridized carbons (Fsp3) is 0.261. The van der Waals surface area contributed by atoms with Crippen LogP contribution in [0.3, 0.4) is 0 Å². The molecule has 142 valence electrons. The van der Waals surface area contributed by atoms with E-state index in [9.17, 15) is 0 Å². The summed E-state index contributed by atoms with van der Waals surface area (Å²) in [4.78, 5) is 0. The van der Waals surface area contributed by atoms with Crippen LogP contribution in [0.5, 0.6) is 0 Å². The summed E-state index contributed by atoms with van der Waals surface area (Å²) in [5.41, 5.74) is 16.1. The lowest BCUT2D eigenvalue weighted by atomic mass is 10.1. The van der Waals surface area contributed by atoms with Gasteiger partial charge in [0.25, 0.3) is 0 Å². The normalized spacial score (nSPS) is 10.6. The number of aryl methyl sites for hydroxylation is 1. The molecular weight excluding hydrogens is 332 g/mol. The van der Waals surface area contributed by atoms with Gasteiger partial charge in [0, 0.05) is 11.9 Å². The number of nitrogens with one attached hydrogen (secondary N) is 1. The molecule has 3 aromatic rings. The molecule has 4 nitrogen and oxygen atoms in total. The van der Waals surface area contributed by atoms with Crippen LogP contribution in [0.15, 0.2) is 60.8 Å². The number of benzene rings is 2. The average molecular weight is 363 g/mol. The maximum Gasteiger partial charge on any atom is 0.0553 e. The van der Waals surface area contributed by atoms with Crippen molar-refractivity contribution < 1.29 is 0 Å². The van der Waals surface area contributed by atoms with Gasteiger partial charge in [-0.15, -0.1) is 0 Å². The minimum atomic E-state index is 0.621. The van der Waals surface area contributed by atoms with Gasteiger partial charge in [-0.2, -0.15) is 5.10 Å². The molecule has 5 N–H and O–H groups in total. The molecule has 0 fully saturated rings. The fourth-order valence-electron chi connectivity index (χ4n) is 2.62. The Balaban J connectivity index is 0.000000208. The fourth-order valence-corrected chi connectivity index (χ4v) is 2.62. The van der Waals surface area contributed by atoms with E-state index in [0.29, 0.717) is 11.4 Å². The number of nitrogens with two attached hydrogens (primary N) is 2. The second-order valence-electron chi connectivity index (χ2n) is 6.52. The summed E-state index contributed by atoms with van der Waals surface area (Å²) in [5.74, 6) is 0. The Kier molecular flexibility index (Phi) is 8.70. The number of nitrogen functional groups attached to an aromatic ring is 2. The van der Waals surface area contributed by atoms with Crippen molar-refractivity contribution in [1.82, 2.24) is 10.2 Å². The molecule has 0 bridgehead atoms. The molecule has 0 aliphatic carbocycles. The van der Waals surface area contributed by atoms with Gasteiger partial charge < -0.3 is 11.5 Å². The van der Waals surface area contributed by atoms with Crippen LogP contribution >= 0.6 is 0 Å². The van der Waals surface area contributed by atoms with Crippen LogP contribution in [0.25, 0.3) is 12.2 Å². The molecule has 1 aromatic heterocycles. The minimum Gasteiger partial charge on any atom is -0.397 e. The van der Waals surface area contributed by atoms with Crippen molar-refractivity contribution >= 4 is 23.5 Å². The van der Waals surface area contributed by atoms with Gasteiger partial charge in [0.1, 0.15) is 0 Å². The molecule has 2 aromatic carbocycles. The van der Waals surface area contributed by atoms with Crippen LogP contribution < -0.4 is 11.5 Å². The van der Waals surface area contributed by atoms with Gasteiger partial charge in [0.15, 0.2) is 0 Å². The summed E-state index contributed by atoms with van der Waals surface area (Å²) in [6.07, 6.45) is 12.3. The van der Waals surface area contributed by atoms with Crippen molar-refractivity contribution in [2.75, 3.05) is 11.5 Å². The zero-order valence-electron chi connectivity index (χ0n) is 16.1. The van der Waals surface area contributed by atoms with Gasteiger partial charge in [0.05, 0.1) is 11.4 Å². The van der Waals surface area contributed by atoms with E-state index in [0.717, 1.165) is 17.5 Å². The van der Waals surface area contributed by atoms with Crippen LogP contribution in [0.4, 0.5) is 11.4 Å². The quantitative estimate of drug-likeness (QED) is 0.293. The lowest BCUT2D eigenvalue weighted by Crippen LogP contribution is -1.93. The molecule has 0 amide bonds. The van der Waals surface area contributed by atoms with E-state index in [2.05, 4.69) is 29.3 Å². The van der Waals surface area contributed by atoms with Crippen LogP contribution in [-0.4, -0.2) is 10.2 Å². The van der Waals surface area contributed by atoms with Crippen LogP contribution in [-0.2, 0) is 6.42 Å². The van der Waals surface area contributed by atoms with Gasteiger partial charge in [-0.1, -0.05) is 74.7 Å². The van der Waals surface area contributed by atoms with E-state index in [-0.39, 0.29) is 0 Å². The SMILES string of the molecule is CCCCCCc1ccn[nH]1.Nc1ccc(C=Cc2ccccc2)cc1N. The van der Waals surface area contributed by atoms with Crippen LogP contribution in [0, 0.1) is 0 Å². The third-order valence-corrected chi connectivity index (χ3v) is 4.24. The Labute approximate surface area is 162 Å². The first kappa shape index (κ1) is 20.3. The number of hydrogen-bond acceptors (Lipinski definition) is 3. The van der Waals surface area contributed by atoms with Crippen molar-refractivity contribution in [3.8, 4) is 0 Å². The predicted octanol–water partition coefficient (Wildman–Crippen LogP) is 5.55. The zero-order valence-corrected chi connectivity index (χ0v) is 16.1. The molecule has 3 rings (SSSR count). The number of nitrogens with zero attached hydrogens (tertiary/aromatic N) is 1. The second kappa shape index (κ2) is 11.6. The third kappa shape index (κ3) is 7.82. The number of aromatic amines is 1. The molecule has 0 spiro atoms. The monoisotopic (exact) mass is 362 g/mol. The van der Waals surface area contributed by atoms with E-state index in [1.807, 2.05) is 60.8 Å². The summed E-state index contributed by atoms with van der Waals surface area (Å²) in [6, 6.07) is 17.8. The standard InChI is InChI=1S/C14H14N2.C9H16N2/c15-13-9-8-12(10-14(13)16)7-6-11-4-2-1-3-5-11;1-2-3-4-5-6-9-7-8-10-11-9/h1-10H,15-16H2;7-8H,2-6H2,1H3,(H,10,11). The van der Waals surface area contributed by atoms with Crippen molar-refractivity contribution in [1.29, 1.82) is 0 Å². The zero-order chi connectivity index (χ0) is 19.3. The average Bonchev–Trinajstić information content (AvgIpc) is 3.21. The number of rotatable bonds is 7. The summed E-state index contributed by atoms with van der Waals surface area (Å²) >= 11 is 0. The van der Waals surface area contributed by atoms with Gasteiger partial charge in [-0.25, -0.2) is 0 Å². The number of aromatic nitrogens is 2. The van der Waals surface area contributed by atoms with E-state index >= 15 is 0 Å². The largest absolute Gasteiger partial charge is 0.397 e. The molecule has 0 aliphatic heterocycles. The molecule has 0 radical (unpaired) electrons. The second-order valence-corrected chi connectivity index (χ2v) is 6.52. The first-order valence-electron chi connectivity index (χ1n) is 9.55. The maximum atomic E-state index is 5.73. The van der Waals surface area contributed by atoms with Gasteiger partial charge in [-0.3, -0.25) is 5.10 Å². The van der Waals surface area contributed by atoms with Crippen molar-refractivity contribution in [2.45, 2.75) is 39.0 Å². The molecule has 0 saturated carbocycles. The van der Waals surface area contributed by atoms with Crippen LogP contribution in [0.1, 0.15) is 49.4 Å². The summed E-state index contributed by atoms with van der Waals surface area (Å²) < 4.78 is 0. The lowest BCUT2D eigenvalue weighted by molar-refractivity contribution is 0.659. The Hall–Kier alpha value is -3.01. The Morgan fingerprint density at radius 2 is 1.63 bits per heavy atom. The highest BCUT2D eigenvalue weighted by Crippen LogP contribution is 2.17. The molecule has 0 aliphatic rings. The molecular formula is C23H30N4. The highest BCUT2D eigenvalue weighted by atomic mass is 15.1. The topological polar surface area (TPSA) is 80.7 Å². The van der Waals surface area contributed by atoms with Gasteiger partial charge in [-0.05, 0) is 42.2 Å². The minimum absolute atomic E-state index is 0.621. The Morgan fingerprint density at radius 1 is 0.852 bits per heavy atom. The van der Waals surface area contributed by atoms with Crippen molar-refractivity contribution in [2.24, 2.45) is 0 Å². The summed E-state index contributed by atoms with van der Waals surface area (Å²) in [6.45, 7) is 2.23. The molecule has 27 heavy (non-hydrogen) atoms. The summed E-state index contributed by atoms with van der Waals surface area (Å²) in [7, 11) is 0. The summed E-state index contributed by atoms with van der Waals surface area (Å²) in [5, 5.41) is 6.86. The first-order chi connectivity index (χ1) is 13.2. The van der Waals surface area contributed by atoms with Gasteiger partial charge >= 0.3 is 0 Å². The van der Waals surface area contributed by atoms with E-state index < -0.39 is 0 Å². The smallest absolute Gasteiger partial charge is 0.0553 e. The molecule has 0 unspecified atom stereocenters. The third-order valence-electron chi connectivity index (χ3n) is 4.24. The molecule has 1 heterocycles. The number of anilines is 2. The molecule has 4 heteroatoms. The van der Waals surface area contributed by atoms with E-state index in [1.165, 1.54) is 31.4 Å². The number of hydrogen-bond donors (Lipinski definition) is 3. The van der Waals surface area contributed by atoms with E-state index in [4.69, 9.17) is 11.5 Å². The van der Waals surface area contributed by atoms with Crippen molar-refractivity contribution in [3.05, 3.63) is 77.6 Å². The highest BCUT2D eigenvalue weighted by molar-refractivity contribution is 5.74. The van der Waals surface area contributed by atoms with E-state index in [1.54, 1.807) is 0 Å². The van der Waals surface area contributed by atoms with Crippen LogP contribution in [0.2, 0.25) is 0 Å². The molecule has 0 saturated heterocycles.